The van der Waals surface area contributed by atoms with E-state index in [0.717, 1.165) is 5.56 Å². The Hall–Kier alpha value is -3.02. The van der Waals surface area contributed by atoms with Crippen LogP contribution in [0.4, 0.5) is 0 Å². The molecule has 2 rings (SSSR count). The third-order valence-electron chi connectivity index (χ3n) is 3.66. The average Bonchev–Trinajstić information content (AvgIpc) is 3.05. The van der Waals surface area contributed by atoms with Crippen LogP contribution in [0.15, 0.2) is 54.9 Å². The normalized spacial score (nSPS) is 12.5. The summed E-state index contributed by atoms with van der Waals surface area (Å²) in [6.45, 7) is 1.89. The number of allylic oxidation sites excluding steroid dienone is 3. The molecule has 6 heteroatoms. The van der Waals surface area contributed by atoms with E-state index in [-0.39, 0.29) is 5.91 Å². The molecule has 0 aliphatic rings. The maximum absolute atomic E-state index is 12.3. The highest BCUT2D eigenvalue weighted by Gasteiger charge is 2.21. The first kappa shape index (κ1) is 18.3. The van der Waals surface area contributed by atoms with E-state index in [1.54, 1.807) is 38.6 Å². The van der Waals surface area contributed by atoms with Gasteiger partial charge in [-0.3, -0.25) is 4.79 Å². The van der Waals surface area contributed by atoms with Crippen LogP contribution in [-0.2, 0) is 11.8 Å². The quantitative estimate of drug-likeness (QED) is 0.621. The number of amides is 1. The fourth-order valence-electron chi connectivity index (χ4n) is 2.39. The number of carbonyl (C=O) groups is 1. The molecule has 1 heterocycles. The van der Waals surface area contributed by atoms with E-state index in [9.17, 15) is 4.79 Å². The molecule has 0 bridgehead atoms. The second kappa shape index (κ2) is 8.73. The maximum Gasteiger partial charge on any atom is 0.244 e. The fourth-order valence-corrected chi connectivity index (χ4v) is 2.39. The number of hydrogen-bond donors (Lipinski definition) is 1. The van der Waals surface area contributed by atoms with Gasteiger partial charge in [-0.2, -0.15) is 0 Å². The molecule has 0 aliphatic carbocycles. The topological polar surface area (TPSA) is 65.4 Å². The highest BCUT2D eigenvalue weighted by molar-refractivity contribution is 5.88. The van der Waals surface area contributed by atoms with Crippen LogP contribution in [0.25, 0.3) is 0 Å². The van der Waals surface area contributed by atoms with Gasteiger partial charge in [-0.25, -0.2) is 4.98 Å². The van der Waals surface area contributed by atoms with E-state index in [4.69, 9.17) is 9.47 Å². The smallest absolute Gasteiger partial charge is 0.244 e. The lowest BCUT2D eigenvalue weighted by atomic mass is 10.0. The lowest BCUT2D eigenvalue weighted by Gasteiger charge is -2.19. The number of nitrogens with zero attached hydrogens (tertiary/aromatic N) is 2. The molecule has 1 aromatic heterocycles. The SMILES string of the molecule is C/C=C/C=C/C(=O)NC(c1cc(OC)cc(OC)c1)c1nccn1C. The van der Waals surface area contributed by atoms with Crippen molar-refractivity contribution in [1.29, 1.82) is 0 Å². The van der Waals surface area contributed by atoms with Crippen molar-refractivity contribution in [3.05, 3.63) is 66.3 Å². The summed E-state index contributed by atoms with van der Waals surface area (Å²) in [6.07, 6.45) is 10.4. The van der Waals surface area contributed by atoms with Gasteiger partial charge in [-0.05, 0) is 24.6 Å². The molecule has 1 aromatic carbocycles. The van der Waals surface area contributed by atoms with E-state index in [1.165, 1.54) is 6.08 Å². The van der Waals surface area contributed by atoms with Crippen molar-refractivity contribution in [3.63, 3.8) is 0 Å². The number of ether oxygens (including phenoxy) is 2. The number of nitrogens with one attached hydrogen (secondary N) is 1. The maximum atomic E-state index is 12.3. The van der Waals surface area contributed by atoms with Crippen LogP contribution in [0.5, 0.6) is 11.5 Å². The molecule has 0 radical (unpaired) electrons. The van der Waals surface area contributed by atoms with Crippen LogP contribution >= 0.6 is 0 Å². The number of hydrogen-bond acceptors (Lipinski definition) is 4. The molecule has 1 amide bonds. The number of methoxy groups -OCH3 is 2. The molecule has 0 spiro atoms. The standard InChI is InChI=1S/C19H23N3O3/c1-5-6-7-8-17(23)21-18(19-20-9-10-22(19)2)14-11-15(24-3)13-16(12-14)25-4/h5-13,18H,1-4H3,(H,21,23)/b6-5+,8-7+. The summed E-state index contributed by atoms with van der Waals surface area (Å²) in [6, 6.07) is 5.06. The Kier molecular flexibility index (Phi) is 6.39. The molecule has 0 saturated carbocycles. The first-order valence-electron chi connectivity index (χ1n) is 7.89. The number of aromatic nitrogens is 2. The predicted molar refractivity (Wildman–Crippen MR) is 96.7 cm³/mol. The van der Waals surface area contributed by atoms with Crippen molar-refractivity contribution in [3.8, 4) is 11.5 Å². The van der Waals surface area contributed by atoms with Crippen LogP contribution < -0.4 is 14.8 Å². The Balaban J connectivity index is 2.42. The number of imidazole rings is 1. The number of rotatable bonds is 7. The van der Waals surface area contributed by atoms with Gasteiger partial charge in [0.05, 0.1) is 14.2 Å². The Morgan fingerprint density at radius 3 is 2.40 bits per heavy atom. The van der Waals surface area contributed by atoms with E-state index in [2.05, 4.69) is 10.3 Å². The summed E-state index contributed by atoms with van der Waals surface area (Å²) in [7, 11) is 5.06. The van der Waals surface area contributed by atoms with Crippen LogP contribution in [0, 0.1) is 0 Å². The molecule has 2 aromatic rings. The number of benzene rings is 1. The molecule has 25 heavy (non-hydrogen) atoms. The minimum atomic E-state index is -0.438. The van der Waals surface area contributed by atoms with Crippen LogP contribution in [0.2, 0.25) is 0 Å². The molecule has 1 unspecified atom stereocenters. The van der Waals surface area contributed by atoms with Gasteiger partial charge in [-0.15, -0.1) is 0 Å². The Morgan fingerprint density at radius 2 is 1.88 bits per heavy atom. The van der Waals surface area contributed by atoms with E-state index in [1.807, 2.05) is 42.9 Å². The molecule has 0 fully saturated rings. The minimum absolute atomic E-state index is 0.215. The molecule has 132 valence electrons. The van der Waals surface area contributed by atoms with Gasteiger partial charge in [-0.1, -0.05) is 18.2 Å². The highest BCUT2D eigenvalue weighted by atomic mass is 16.5. The zero-order valence-corrected chi connectivity index (χ0v) is 14.9. The summed E-state index contributed by atoms with van der Waals surface area (Å²) in [5, 5.41) is 2.98. The zero-order valence-electron chi connectivity index (χ0n) is 14.9. The molecule has 6 nitrogen and oxygen atoms in total. The highest BCUT2D eigenvalue weighted by Crippen LogP contribution is 2.29. The molecule has 0 aliphatic heterocycles. The van der Waals surface area contributed by atoms with Crippen LogP contribution in [0.1, 0.15) is 24.4 Å². The molecule has 1 N–H and O–H groups in total. The third-order valence-corrected chi connectivity index (χ3v) is 3.66. The monoisotopic (exact) mass is 341 g/mol. The lowest BCUT2D eigenvalue weighted by molar-refractivity contribution is -0.117. The molecule has 0 saturated heterocycles. The Bertz CT molecular complexity index is 756. The van der Waals surface area contributed by atoms with Crippen molar-refractivity contribution in [2.75, 3.05) is 14.2 Å². The fraction of sp³-hybridized carbons (Fsp3) is 0.263. The Morgan fingerprint density at radius 1 is 1.20 bits per heavy atom. The predicted octanol–water partition coefficient (Wildman–Crippen LogP) is 2.78. The summed E-state index contributed by atoms with van der Waals surface area (Å²) in [4.78, 5) is 16.7. The van der Waals surface area contributed by atoms with Crippen molar-refractivity contribution in [2.24, 2.45) is 7.05 Å². The van der Waals surface area contributed by atoms with Crippen LogP contribution in [-0.4, -0.2) is 29.7 Å². The van der Waals surface area contributed by atoms with E-state index < -0.39 is 6.04 Å². The number of aryl methyl sites for hydroxylation is 1. The zero-order chi connectivity index (χ0) is 18.2. The van der Waals surface area contributed by atoms with E-state index in [0.29, 0.717) is 17.3 Å². The number of carbonyl (C=O) groups excluding carboxylic acids is 1. The van der Waals surface area contributed by atoms with Crippen molar-refractivity contribution in [1.82, 2.24) is 14.9 Å². The van der Waals surface area contributed by atoms with Crippen molar-refractivity contribution < 1.29 is 14.3 Å². The lowest BCUT2D eigenvalue weighted by Crippen LogP contribution is -2.29. The molecular weight excluding hydrogens is 318 g/mol. The first-order chi connectivity index (χ1) is 12.1. The summed E-state index contributed by atoms with van der Waals surface area (Å²) < 4.78 is 12.5. The summed E-state index contributed by atoms with van der Waals surface area (Å²) >= 11 is 0. The third kappa shape index (κ3) is 4.73. The van der Waals surface area contributed by atoms with Gasteiger partial charge in [0, 0.05) is 31.6 Å². The van der Waals surface area contributed by atoms with Gasteiger partial charge in [0.2, 0.25) is 5.91 Å². The second-order valence-electron chi connectivity index (χ2n) is 5.37. The van der Waals surface area contributed by atoms with Crippen molar-refractivity contribution >= 4 is 5.91 Å². The Labute approximate surface area is 147 Å². The molecule has 1 atom stereocenters. The van der Waals surface area contributed by atoms with Crippen LogP contribution in [0.3, 0.4) is 0 Å². The van der Waals surface area contributed by atoms with Gasteiger partial charge >= 0.3 is 0 Å². The summed E-state index contributed by atoms with van der Waals surface area (Å²) in [5.41, 5.74) is 0.818. The summed E-state index contributed by atoms with van der Waals surface area (Å²) in [5.74, 6) is 1.79. The van der Waals surface area contributed by atoms with Gasteiger partial charge in [0.15, 0.2) is 0 Å². The van der Waals surface area contributed by atoms with Gasteiger partial charge < -0.3 is 19.4 Å². The van der Waals surface area contributed by atoms with E-state index >= 15 is 0 Å². The van der Waals surface area contributed by atoms with Gasteiger partial charge in [0.1, 0.15) is 23.4 Å². The van der Waals surface area contributed by atoms with Gasteiger partial charge in [0.25, 0.3) is 0 Å². The largest absolute Gasteiger partial charge is 0.497 e. The average molecular weight is 341 g/mol. The minimum Gasteiger partial charge on any atom is -0.497 e. The van der Waals surface area contributed by atoms with Crippen molar-refractivity contribution in [2.45, 2.75) is 13.0 Å². The molecular formula is C19H23N3O3. The first-order valence-corrected chi connectivity index (χ1v) is 7.89. The second-order valence-corrected chi connectivity index (χ2v) is 5.37.